The first-order valence-corrected chi connectivity index (χ1v) is 12.2. The molecule has 2 fully saturated rings. The summed E-state index contributed by atoms with van der Waals surface area (Å²) in [7, 11) is 0. The monoisotopic (exact) mass is 470 g/mol. The fraction of sp³-hybridized carbons (Fsp3) is 0.357. The van der Waals surface area contributed by atoms with Gasteiger partial charge < -0.3 is 10.1 Å². The summed E-state index contributed by atoms with van der Waals surface area (Å²) in [6.07, 6.45) is 4.55. The van der Waals surface area contributed by atoms with Crippen molar-refractivity contribution in [1.29, 1.82) is 0 Å². The molecule has 1 saturated carbocycles. The van der Waals surface area contributed by atoms with E-state index in [0.29, 0.717) is 11.5 Å². The smallest absolute Gasteiger partial charge is 0.411 e. The van der Waals surface area contributed by atoms with Gasteiger partial charge >= 0.3 is 6.09 Å². The highest BCUT2D eigenvalue weighted by molar-refractivity contribution is 5.92. The molecule has 1 aromatic heterocycles. The average molecular weight is 471 g/mol. The van der Waals surface area contributed by atoms with Gasteiger partial charge in [-0.25, -0.2) is 14.8 Å². The Hall–Kier alpha value is -3.74. The minimum absolute atomic E-state index is 0.0377. The number of hydrogen-bond donors (Lipinski definition) is 1. The number of rotatable bonds is 5. The largest absolute Gasteiger partial charge is 0.441 e. The minimum atomic E-state index is -0.604. The van der Waals surface area contributed by atoms with Crippen molar-refractivity contribution in [3.63, 3.8) is 0 Å². The van der Waals surface area contributed by atoms with Gasteiger partial charge in [0, 0.05) is 23.8 Å². The molecule has 7 heteroatoms. The number of cyclic esters (lactones) is 1. The van der Waals surface area contributed by atoms with Crippen LogP contribution in [-0.2, 0) is 4.74 Å². The number of ether oxygens (including phenoxy) is 1. The van der Waals surface area contributed by atoms with Crippen molar-refractivity contribution in [2.75, 3.05) is 0 Å². The number of hydrogen-bond acceptors (Lipinski definition) is 5. The molecule has 1 unspecified atom stereocenters. The molecule has 5 rings (SSSR count). The normalized spacial score (nSPS) is 23.5. The summed E-state index contributed by atoms with van der Waals surface area (Å²) >= 11 is 0. The predicted octanol–water partition coefficient (Wildman–Crippen LogP) is 5.16. The summed E-state index contributed by atoms with van der Waals surface area (Å²) in [5.41, 5.74) is 1.70. The number of nitrogens with zero attached hydrogens (tertiary/aromatic N) is 3. The van der Waals surface area contributed by atoms with Crippen molar-refractivity contribution in [3.8, 4) is 11.4 Å². The standard InChI is InChI=1S/C28H30N4O3/c1-28(2)24(19-9-5-3-6-10-19)32(27(34)35-28)22-15-13-21(14-16-22)30-26(33)23-17-18-29-25(31-23)20-11-7-4-8-12-20/h3-12,17-18,21-22,24H,13-16H2,1-2H3,(H,30,33). The Bertz CT molecular complexity index is 1190. The molecule has 3 aromatic rings. The predicted molar refractivity (Wildman–Crippen MR) is 133 cm³/mol. The lowest BCUT2D eigenvalue weighted by molar-refractivity contribution is 0.0663. The zero-order chi connectivity index (χ0) is 24.4. The van der Waals surface area contributed by atoms with Gasteiger partial charge in [0.2, 0.25) is 0 Å². The second-order valence-corrected chi connectivity index (χ2v) is 9.80. The zero-order valence-corrected chi connectivity index (χ0v) is 20.1. The maximum Gasteiger partial charge on any atom is 0.411 e. The van der Waals surface area contributed by atoms with E-state index in [9.17, 15) is 9.59 Å². The van der Waals surface area contributed by atoms with E-state index in [-0.39, 0.29) is 30.1 Å². The maximum absolute atomic E-state index is 12.9. The molecular formula is C28H30N4O3. The summed E-state index contributed by atoms with van der Waals surface area (Å²) < 4.78 is 5.78. The Morgan fingerprint density at radius 2 is 1.63 bits per heavy atom. The average Bonchev–Trinajstić information content (AvgIpc) is 3.13. The van der Waals surface area contributed by atoms with Crippen LogP contribution in [0.3, 0.4) is 0 Å². The molecule has 1 saturated heterocycles. The van der Waals surface area contributed by atoms with Gasteiger partial charge in [0.1, 0.15) is 11.3 Å². The Morgan fingerprint density at radius 3 is 2.31 bits per heavy atom. The first-order chi connectivity index (χ1) is 16.9. The van der Waals surface area contributed by atoms with E-state index in [0.717, 1.165) is 36.8 Å². The molecule has 0 radical (unpaired) electrons. The third-order valence-electron chi connectivity index (χ3n) is 6.96. The summed E-state index contributed by atoms with van der Waals surface area (Å²) in [6.45, 7) is 3.94. The molecule has 2 amide bonds. The van der Waals surface area contributed by atoms with Crippen LogP contribution in [0.1, 0.15) is 61.6 Å². The van der Waals surface area contributed by atoms with Gasteiger partial charge in [0.25, 0.3) is 5.91 Å². The number of benzene rings is 2. The SMILES string of the molecule is CC1(C)OC(=O)N(C2CCC(NC(=O)c3ccnc(-c4ccccc4)n3)CC2)C1c1ccccc1. The van der Waals surface area contributed by atoms with E-state index in [4.69, 9.17) is 4.74 Å². The summed E-state index contributed by atoms with van der Waals surface area (Å²) in [5.74, 6) is 0.334. The molecule has 1 N–H and O–H groups in total. The Morgan fingerprint density at radius 1 is 0.971 bits per heavy atom. The van der Waals surface area contributed by atoms with Crippen molar-refractivity contribution in [2.45, 2.75) is 63.3 Å². The van der Waals surface area contributed by atoms with Gasteiger partial charge in [-0.2, -0.15) is 0 Å². The van der Waals surface area contributed by atoms with Crippen LogP contribution in [0.25, 0.3) is 11.4 Å². The molecule has 1 aliphatic heterocycles. The van der Waals surface area contributed by atoms with E-state index in [2.05, 4.69) is 27.4 Å². The van der Waals surface area contributed by atoms with Crippen LogP contribution in [0.5, 0.6) is 0 Å². The fourth-order valence-electron chi connectivity index (χ4n) is 5.30. The molecule has 35 heavy (non-hydrogen) atoms. The van der Waals surface area contributed by atoms with Crippen LogP contribution >= 0.6 is 0 Å². The van der Waals surface area contributed by atoms with E-state index in [1.165, 1.54) is 0 Å². The summed E-state index contributed by atoms with van der Waals surface area (Å²) in [4.78, 5) is 36.5. The highest BCUT2D eigenvalue weighted by Crippen LogP contribution is 2.44. The van der Waals surface area contributed by atoms with Crippen LogP contribution in [0, 0.1) is 0 Å². The van der Waals surface area contributed by atoms with Crippen molar-refractivity contribution in [1.82, 2.24) is 20.2 Å². The van der Waals surface area contributed by atoms with E-state index in [1.807, 2.05) is 67.3 Å². The Labute approximate surface area is 205 Å². The fourth-order valence-corrected chi connectivity index (χ4v) is 5.30. The summed E-state index contributed by atoms with van der Waals surface area (Å²) in [5, 5.41) is 3.13. The number of nitrogens with one attached hydrogen (secondary N) is 1. The molecule has 0 spiro atoms. The van der Waals surface area contributed by atoms with Gasteiger partial charge in [0.05, 0.1) is 6.04 Å². The highest BCUT2D eigenvalue weighted by atomic mass is 16.6. The van der Waals surface area contributed by atoms with Crippen molar-refractivity contribution in [3.05, 3.63) is 84.2 Å². The number of amides is 2. The van der Waals surface area contributed by atoms with Crippen molar-refractivity contribution >= 4 is 12.0 Å². The molecule has 1 aliphatic carbocycles. The Kier molecular flexibility index (Phi) is 6.24. The third kappa shape index (κ3) is 4.76. The van der Waals surface area contributed by atoms with Gasteiger partial charge in [-0.05, 0) is 51.2 Å². The summed E-state index contributed by atoms with van der Waals surface area (Å²) in [6, 6.07) is 21.3. The topological polar surface area (TPSA) is 84.4 Å². The Balaban J connectivity index is 1.24. The molecule has 0 bridgehead atoms. The van der Waals surface area contributed by atoms with E-state index in [1.54, 1.807) is 12.3 Å². The number of aromatic nitrogens is 2. The van der Waals surface area contributed by atoms with E-state index >= 15 is 0 Å². The second-order valence-electron chi connectivity index (χ2n) is 9.80. The molecule has 2 aromatic carbocycles. The van der Waals surface area contributed by atoms with Crippen LogP contribution < -0.4 is 5.32 Å². The first kappa shape index (κ1) is 23.0. The maximum atomic E-state index is 12.9. The molecule has 7 nitrogen and oxygen atoms in total. The van der Waals surface area contributed by atoms with Crippen LogP contribution in [0.15, 0.2) is 72.9 Å². The van der Waals surface area contributed by atoms with Crippen LogP contribution in [-0.4, -0.2) is 44.6 Å². The first-order valence-electron chi connectivity index (χ1n) is 12.2. The molecular weight excluding hydrogens is 440 g/mol. The van der Waals surface area contributed by atoms with E-state index < -0.39 is 5.60 Å². The lowest BCUT2D eigenvalue weighted by atomic mass is 9.86. The lowest BCUT2D eigenvalue weighted by Gasteiger charge is -2.38. The molecule has 2 aliphatic rings. The van der Waals surface area contributed by atoms with Gasteiger partial charge in [-0.1, -0.05) is 60.7 Å². The number of carbonyl (C=O) groups is 2. The van der Waals surface area contributed by atoms with Gasteiger partial charge in [-0.15, -0.1) is 0 Å². The van der Waals surface area contributed by atoms with Crippen LogP contribution in [0.2, 0.25) is 0 Å². The number of carbonyl (C=O) groups excluding carboxylic acids is 2. The highest BCUT2D eigenvalue weighted by Gasteiger charge is 2.51. The lowest BCUT2D eigenvalue weighted by Crippen LogP contribution is -2.46. The van der Waals surface area contributed by atoms with Crippen LogP contribution in [0.4, 0.5) is 4.79 Å². The van der Waals surface area contributed by atoms with Gasteiger partial charge in [-0.3, -0.25) is 9.69 Å². The van der Waals surface area contributed by atoms with Crippen molar-refractivity contribution < 1.29 is 14.3 Å². The molecule has 180 valence electrons. The zero-order valence-electron chi connectivity index (χ0n) is 20.1. The minimum Gasteiger partial charge on any atom is -0.441 e. The van der Waals surface area contributed by atoms with Gasteiger partial charge in [0.15, 0.2) is 5.82 Å². The quantitative estimate of drug-likeness (QED) is 0.557. The third-order valence-corrected chi connectivity index (χ3v) is 6.96. The van der Waals surface area contributed by atoms with Crippen molar-refractivity contribution in [2.24, 2.45) is 0 Å². The molecule has 1 atom stereocenters. The molecule has 2 heterocycles. The second kappa shape index (κ2) is 9.49.